The van der Waals surface area contributed by atoms with E-state index in [9.17, 15) is 9.59 Å². The zero-order chi connectivity index (χ0) is 16.1. The van der Waals surface area contributed by atoms with Gasteiger partial charge in [-0.1, -0.05) is 0 Å². The first-order valence-corrected chi connectivity index (χ1v) is 7.87. The van der Waals surface area contributed by atoms with Crippen LogP contribution in [0.3, 0.4) is 0 Å². The van der Waals surface area contributed by atoms with Crippen LogP contribution in [0.25, 0.3) is 0 Å². The molecule has 0 saturated carbocycles. The van der Waals surface area contributed by atoms with Crippen LogP contribution >= 0.6 is 0 Å². The maximum atomic E-state index is 12.1. The van der Waals surface area contributed by atoms with Crippen molar-refractivity contribution in [1.29, 1.82) is 0 Å². The van der Waals surface area contributed by atoms with E-state index in [1.54, 1.807) is 4.90 Å². The molecule has 23 heavy (non-hydrogen) atoms. The zero-order valence-corrected chi connectivity index (χ0v) is 13.0. The van der Waals surface area contributed by atoms with Gasteiger partial charge >= 0.3 is 0 Å². The molecule has 0 aliphatic carbocycles. The average molecular weight is 319 g/mol. The Bertz CT molecular complexity index is 541. The molecule has 3 heterocycles. The van der Waals surface area contributed by atoms with Gasteiger partial charge in [0.2, 0.25) is 5.91 Å². The summed E-state index contributed by atoms with van der Waals surface area (Å²) in [5.74, 6) is -0.280. The summed E-state index contributed by atoms with van der Waals surface area (Å²) in [5, 5.41) is 2.94. The van der Waals surface area contributed by atoms with E-state index in [1.807, 2.05) is 0 Å². The summed E-state index contributed by atoms with van der Waals surface area (Å²) in [6, 6.07) is 0. The lowest BCUT2D eigenvalue weighted by Crippen LogP contribution is -2.56. The molecule has 0 atom stereocenters. The standard InChI is InChI=1S/C15H21N5O3/c21-14(18-3-4-19-5-7-23-8-6-19)12-10-20(11-12)15(22)13-9-16-1-2-17-13/h1-2,9,12H,3-8,10-11H2,(H,18,21). The molecule has 8 heteroatoms. The lowest BCUT2D eigenvalue weighted by atomic mass is 9.98. The van der Waals surface area contributed by atoms with Gasteiger partial charge in [0.1, 0.15) is 5.69 Å². The van der Waals surface area contributed by atoms with Gasteiger partial charge in [-0.15, -0.1) is 0 Å². The molecule has 1 aromatic heterocycles. The lowest BCUT2D eigenvalue weighted by molar-refractivity contribution is -0.129. The number of morpholine rings is 1. The van der Waals surface area contributed by atoms with Crippen LogP contribution < -0.4 is 5.32 Å². The first-order chi connectivity index (χ1) is 11.2. The van der Waals surface area contributed by atoms with Gasteiger partial charge in [0.05, 0.1) is 25.3 Å². The number of rotatable bonds is 5. The minimum Gasteiger partial charge on any atom is -0.379 e. The fourth-order valence-electron chi connectivity index (χ4n) is 2.69. The zero-order valence-electron chi connectivity index (χ0n) is 13.0. The lowest BCUT2D eigenvalue weighted by Gasteiger charge is -2.38. The molecule has 1 N–H and O–H groups in total. The van der Waals surface area contributed by atoms with Crippen molar-refractivity contribution in [2.24, 2.45) is 5.92 Å². The smallest absolute Gasteiger partial charge is 0.274 e. The second kappa shape index (κ2) is 7.47. The molecule has 2 saturated heterocycles. The third-order valence-electron chi connectivity index (χ3n) is 4.15. The largest absolute Gasteiger partial charge is 0.379 e. The fraction of sp³-hybridized carbons (Fsp3) is 0.600. The van der Waals surface area contributed by atoms with E-state index in [0.29, 0.717) is 25.3 Å². The van der Waals surface area contributed by atoms with Crippen molar-refractivity contribution in [2.45, 2.75) is 0 Å². The van der Waals surface area contributed by atoms with E-state index in [-0.39, 0.29) is 17.7 Å². The summed E-state index contributed by atoms with van der Waals surface area (Å²) >= 11 is 0. The second-order valence-electron chi connectivity index (χ2n) is 5.74. The van der Waals surface area contributed by atoms with Gasteiger partial charge in [-0.25, -0.2) is 4.98 Å². The van der Waals surface area contributed by atoms with Crippen LogP contribution in [-0.4, -0.2) is 84.1 Å². The summed E-state index contributed by atoms with van der Waals surface area (Å²) < 4.78 is 5.29. The van der Waals surface area contributed by atoms with Crippen molar-refractivity contribution >= 4 is 11.8 Å². The van der Waals surface area contributed by atoms with Crippen LogP contribution in [0, 0.1) is 5.92 Å². The third-order valence-corrected chi connectivity index (χ3v) is 4.15. The number of carbonyl (C=O) groups is 2. The first kappa shape index (κ1) is 15.8. The predicted octanol–water partition coefficient (Wildman–Crippen LogP) is -1.00. The van der Waals surface area contributed by atoms with Gasteiger partial charge in [-0.3, -0.25) is 19.5 Å². The van der Waals surface area contributed by atoms with Crippen molar-refractivity contribution in [3.63, 3.8) is 0 Å². The molecule has 1 aromatic rings. The Morgan fingerprint density at radius 1 is 1.26 bits per heavy atom. The van der Waals surface area contributed by atoms with E-state index in [1.165, 1.54) is 18.6 Å². The summed E-state index contributed by atoms with van der Waals surface area (Å²) in [6.07, 6.45) is 4.46. The second-order valence-corrected chi connectivity index (χ2v) is 5.74. The number of carbonyl (C=O) groups excluding carboxylic acids is 2. The van der Waals surface area contributed by atoms with Crippen LogP contribution in [-0.2, 0) is 9.53 Å². The average Bonchev–Trinajstić information content (AvgIpc) is 2.55. The SMILES string of the molecule is O=C(NCCN1CCOCC1)C1CN(C(=O)c2cnccn2)C1. The van der Waals surface area contributed by atoms with Gasteiger partial charge in [0.25, 0.3) is 5.91 Å². The number of nitrogens with one attached hydrogen (secondary N) is 1. The summed E-state index contributed by atoms with van der Waals surface area (Å²) in [5.41, 5.74) is 0.318. The normalized spacial score (nSPS) is 19.2. The topological polar surface area (TPSA) is 87.7 Å². The number of nitrogens with zero attached hydrogens (tertiary/aromatic N) is 4. The third kappa shape index (κ3) is 4.02. The quantitative estimate of drug-likeness (QED) is 0.749. The number of amides is 2. The Morgan fingerprint density at radius 3 is 2.74 bits per heavy atom. The van der Waals surface area contributed by atoms with Gasteiger partial charge < -0.3 is 15.0 Å². The Hall–Kier alpha value is -2.06. The van der Waals surface area contributed by atoms with Gasteiger partial charge in [0, 0.05) is 51.7 Å². The monoisotopic (exact) mass is 319 g/mol. The molecule has 2 fully saturated rings. The fourth-order valence-corrected chi connectivity index (χ4v) is 2.69. The molecule has 0 bridgehead atoms. The minimum atomic E-state index is -0.171. The predicted molar refractivity (Wildman–Crippen MR) is 81.7 cm³/mol. The van der Waals surface area contributed by atoms with Crippen LogP contribution in [0.2, 0.25) is 0 Å². The molecule has 3 rings (SSSR count). The molecule has 0 radical (unpaired) electrons. The summed E-state index contributed by atoms with van der Waals surface area (Å²) in [7, 11) is 0. The van der Waals surface area contributed by atoms with Crippen molar-refractivity contribution < 1.29 is 14.3 Å². The van der Waals surface area contributed by atoms with Crippen molar-refractivity contribution in [3.8, 4) is 0 Å². The van der Waals surface area contributed by atoms with Crippen molar-refractivity contribution in [2.75, 3.05) is 52.5 Å². The van der Waals surface area contributed by atoms with E-state index in [0.717, 1.165) is 32.8 Å². The van der Waals surface area contributed by atoms with E-state index >= 15 is 0 Å². The maximum Gasteiger partial charge on any atom is 0.274 e. The van der Waals surface area contributed by atoms with Crippen LogP contribution in [0.4, 0.5) is 0 Å². The van der Waals surface area contributed by atoms with Crippen LogP contribution in [0.1, 0.15) is 10.5 Å². The Balaban J connectivity index is 1.35. The molecular weight excluding hydrogens is 298 g/mol. The number of aromatic nitrogens is 2. The molecule has 0 spiro atoms. The Kier molecular flexibility index (Phi) is 5.14. The summed E-state index contributed by atoms with van der Waals surface area (Å²) in [4.78, 5) is 35.9. The van der Waals surface area contributed by atoms with Crippen LogP contribution in [0.15, 0.2) is 18.6 Å². The van der Waals surface area contributed by atoms with Crippen LogP contribution in [0.5, 0.6) is 0 Å². The maximum absolute atomic E-state index is 12.1. The molecule has 8 nitrogen and oxygen atoms in total. The summed E-state index contributed by atoms with van der Waals surface area (Å²) in [6.45, 7) is 5.71. The van der Waals surface area contributed by atoms with Gasteiger partial charge in [-0.05, 0) is 0 Å². The van der Waals surface area contributed by atoms with Crippen molar-refractivity contribution in [3.05, 3.63) is 24.3 Å². The molecule has 0 aromatic carbocycles. The molecule has 2 aliphatic rings. The van der Waals surface area contributed by atoms with Gasteiger partial charge in [-0.2, -0.15) is 0 Å². The highest BCUT2D eigenvalue weighted by Gasteiger charge is 2.36. The molecule has 124 valence electrons. The first-order valence-electron chi connectivity index (χ1n) is 7.87. The van der Waals surface area contributed by atoms with Crippen molar-refractivity contribution in [1.82, 2.24) is 25.1 Å². The highest BCUT2D eigenvalue weighted by atomic mass is 16.5. The van der Waals surface area contributed by atoms with E-state index in [2.05, 4.69) is 20.2 Å². The highest BCUT2D eigenvalue weighted by molar-refractivity contribution is 5.94. The Morgan fingerprint density at radius 2 is 2.04 bits per heavy atom. The number of likely N-dealkylation sites (tertiary alicyclic amines) is 1. The number of hydrogen-bond acceptors (Lipinski definition) is 6. The highest BCUT2D eigenvalue weighted by Crippen LogP contribution is 2.17. The molecule has 2 amide bonds. The Labute approximate surface area is 134 Å². The number of hydrogen-bond donors (Lipinski definition) is 1. The molecule has 0 unspecified atom stereocenters. The minimum absolute atomic E-state index is 0.0152. The van der Waals surface area contributed by atoms with E-state index in [4.69, 9.17) is 4.74 Å². The number of ether oxygens (including phenoxy) is 1. The van der Waals surface area contributed by atoms with E-state index < -0.39 is 0 Å². The molecular formula is C15H21N5O3. The molecule has 2 aliphatic heterocycles. The van der Waals surface area contributed by atoms with Gasteiger partial charge in [0.15, 0.2) is 0 Å².